The Morgan fingerprint density at radius 2 is 1.81 bits per heavy atom. The van der Waals surface area contributed by atoms with E-state index < -0.39 is 6.04 Å². The number of carbonyl (C=O) groups is 2. The number of nitrogens with zero attached hydrogens (tertiary/aromatic N) is 3. The van der Waals surface area contributed by atoms with Gasteiger partial charge in [0.25, 0.3) is 5.91 Å². The largest absolute Gasteiger partial charge is 0.339 e. The third-order valence-electron chi connectivity index (χ3n) is 7.29. The molecule has 37 heavy (non-hydrogen) atoms. The fourth-order valence-corrected chi connectivity index (χ4v) is 5.09. The molecule has 3 aromatic rings. The number of anilines is 1. The molecule has 0 unspecified atom stereocenters. The molecule has 1 aliphatic rings. The molecule has 0 spiro atoms. The van der Waals surface area contributed by atoms with Crippen molar-refractivity contribution in [1.82, 2.24) is 25.3 Å². The summed E-state index contributed by atoms with van der Waals surface area (Å²) in [5.41, 5.74) is 6.36. The molecule has 2 amide bonds. The third kappa shape index (κ3) is 6.37. The van der Waals surface area contributed by atoms with Crippen LogP contribution in [0.3, 0.4) is 0 Å². The molecular weight excluding hydrogens is 464 g/mol. The van der Waals surface area contributed by atoms with Gasteiger partial charge in [-0.15, -0.1) is 0 Å². The van der Waals surface area contributed by atoms with Crippen LogP contribution >= 0.6 is 0 Å². The summed E-state index contributed by atoms with van der Waals surface area (Å²) in [5, 5.41) is 17.7. The average molecular weight is 503 g/mol. The van der Waals surface area contributed by atoms with E-state index in [1.165, 1.54) is 0 Å². The molecule has 2 heterocycles. The Hall–Kier alpha value is -3.68. The van der Waals surface area contributed by atoms with E-state index in [0.717, 1.165) is 53.8 Å². The number of H-pyrrole nitrogens is 1. The molecule has 2 aromatic heterocycles. The monoisotopic (exact) mass is 502 g/mol. The highest BCUT2D eigenvalue weighted by Crippen LogP contribution is 2.31. The van der Waals surface area contributed by atoms with Gasteiger partial charge < -0.3 is 10.6 Å². The van der Waals surface area contributed by atoms with E-state index in [1.54, 1.807) is 16.9 Å². The number of nitrogens with one attached hydrogen (secondary N) is 3. The molecule has 0 radical (unpaired) electrons. The van der Waals surface area contributed by atoms with Gasteiger partial charge in [0.15, 0.2) is 0 Å². The summed E-state index contributed by atoms with van der Waals surface area (Å²) >= 11 is 0. The van der Waals surface area contributed by atoms with Gasteiger partial charge >= 0.3 is 0 Å². The fourth-order valence-electron chi connectivity index (χ4n) is 5.09. The van der Waals surface area contributed by atoms with E-state index in [-0.39, 0.29) is 17.7 Å². The summed E-state index contributed by atoms with van der Waals surface area (Å²) in [6.45, 7) is 10.7. The quantitative estimate of drug-likeness (QED) is 0.358. The lowest BCUT2D eigenvalue weighted by Crippen LogP contribution is -2.49. The first-order valence-corrected chi connectivity index (χ1v) is 13.1. The van der Waals surface area contributed by atoms with Crippen molar-refractivity contribution < 1.29 is 9.59 Å². The van der Waals surface area contributed by atoms with Gasteiger partial charge in [0, 0.05) is 23.1 Å². The van der Waals surface area contributed by atoms with Crippen molar-refractivity contribution in [3.8, 4) is 11.1 Å². The maximum absolute atomic E-state index is 13.5. The van der Waals surface area contributed by atoms with Crippen LogP contribution in [0.2, 0.25) is 0 Å². The van der Waals surface area contributed by atoms with Crippen molar-refractivity contribution in [2.24, 2.45) is 11.8 Å². The molecule has 1 aromatic carbocycles. The minimum absolute atomic E-state index is 0.0878. The number of carbonyl (C=O) groups excluding carboxylic acids is 2. The lowest BCUT2D eigenvalue weighted by molar-refractivity contribution is -0.119. The van der Waals surface area contributed by atoms with E-state index in [0.29, 0.717) is 23.8 Å². The maximum Gasteiger partial charge on any atom is 0.270 e. The summed E-state index contributed by atoms with van der Waals surface area (Å²) in [7, 11) is 0. The van der Waals surface area contributed by atoms with Crippen molar-refractivity contribution >= 4 is 17.5 Å². The highest BCUT2D eigenvalue weighted by molar-refractivity contribution is 6.00. The molecule has 0 bridgehead atoms. The summed E-state index contributed by atoms with van der Waals surface area (Å²) in [5.74, 6) is 0.264. The molecule has 8 nitrogen and oxygen atoms in total. The zero-order valence-electron chi connectivity index (χ0n) is 22.5. The van der Waals surface area contributed by atoms with Crippen LogP contribution in [0.25, 0.3) is 11.1 Å². The van der Waals surface area contributed by atoms with Crippen LogP contribution in [0, 0.1) is 25.7 Å². The van der Waals surface area contributed by atoms with Gasteiger partial charge in [-0.25, -0.2) is 0 Å². The van der Waals surface area contributed by atoms with Crippen molar-refractivity contribution in [3.05, 3.63) is 65.3 Å². The Bertz CT molecular complexity index is 1240. The topological polar surface area (TPSA) is 105 Å². The lowest BCUT2D eigenvalue weighted by atomic mass is 9.79. The minimum atomic E-state index is -0.621. The van der Waals surface area contributed by atoms with E-state index in [1.807, 2.05) is 58.0 Å². The van der Waals surface area contributed by atoms with Gasteiger partial charge in [0.05, 0.1) is 12.2 Å². The lowest BCUT2D eigenvalue weighted by Gasteiger charge is -2.32. The Morgan fingerprint density at radius 3 is 2.43 bits per heavy atom. The molecule has 0 aliphatic heterocycles. The smallest absolute Gasteiger partial charge is 0.270 e. The predicted molar refractivity (Wildman–Crippen MR) is 146 cm³/mol. The Labute approximate surface area is 218 Å². The predicted octanol–water partition coefficient (Wildman–Crippen LogP) is 5.42. The van der Waals surface area contributed by atoms with Crippen LogP contribution in [0.4, 0.5) is 5.69 Å². The van der Waals surface area contributed by atoms with Gasteiger partial charge in [-0.2, -0.15) is 10.2 Å². The molecule has 196 valence electrons. The molecule has 8 heteroatoms. The van der Waals surface area contributed by atoms with Gasteiger partial charge in [0.1, 0.15) is 11.7 Å². The number of hydrogen-bond acceptors (Lipinski definition) is 4. The maximum atomic E-state index is 13.5. The van der Waals surface area contributed by atoms with Crippen LogP contribution in [0.15, 0.2) is 48.2 Å². The van der Waals surface area contributed by atoms with Crippen LogP contribution in [0.5, 0.6) is 0 Å². The van der Waals surface area contributed by atoms with Crippen LogP contribution in [0.1, 0.15) is 68.3 Å². The number of allylic oxidation sites excluding steroid dienone is 2. The Morgan fingerprint density at radius 1 is 1.11 bits per heavy atom. The molecule has 1 saturated carbocycles. The summed E-state index contributed by atoms with van der Waals surface area (Å²) < 4.78 is 1.67. The second kappa shape index (κ2) is 11.6. The molecular formula is C29H38N6O2. The van der Waals surface area contributed by atoms with E-state index >= 15 is 0 Å². The number of aromatic nitrogens is 4. The molecule has 1 atom stereocenters. The van der Waals surface area contributed by atoms with Gasteiger partial charge in [0.2, 0.25) is 5.91 Å². The zero-order chi connectivity index (χ0) is 26.5. The Balaban J connectivity index is 1.51. The molecule has 1 aliphatic carbocycles. The number of hydrogen-bond donors (Lipinski definition) is 3. The van der Waals surface area contributed by atoms with Gasteiger partial charge in [-0.05, 0) is 76.1 Å². The second-order valence-corrected chi connectivity index (χ2v) is 10.5. The third-order valence-corrected chi connectivity index (χ3v) is 7.29. The summed E-state index contributed by atoms with van der Waals surface area (Å²) in [6, 6.07) is 8.84. The van der Waals surface area contributed by atoms with Crippen LogP contribution < -0.4 is 10.6 Å². The molecule has 3 N–H and O–H groups in total. The van der Waals surface area contributed by atoms with Crippen LogP contribution in [-0.2, 0) is 11.3 Å². The van der Waals surface area contributed by atoms with E-state index in [2.05, 4.69) is 32.9 Å². The standard InChI is InChI=1S/C29H38N6O2/c1-18(2)15-17-35-25(14-16-30-35)28(36)32-27(23-8-6-19(3)7-9-23)29(37)31-24-12-10-22(11-13-24)26-20(4)33-34-21(26)5/h10-16,19,23,27H,6-9,17H2,1-5H3,(H,31,37)(H,32,36)(H,33,34)/t19?,23?,27-/m0/s1. The minimum Gasteiger partial charge on any atom is -0.339 e. The first kappa shape index (κ1) is 26.4. The highest BCUT2D eigenvalue weighted by Gasteiger charge is 2.33. The average Bonchev–Trinajstić information content (AvgIpc) is 3.48. The SMILES string of the molecule is CC(C)=CCn1nccc1C(=O)N[C@H](C(=O)Nc1ccc(-c2c(C)n[nH]c2C)cc1)C1CCC(C)CC1. The summed E-state index contributed by atoms with van der Waals surface area (Å²) in [6.07, 6.45) is 7.58. The first-order chi connectivity index (χ1) is 17.7. The number of benzene rings is 1. The number of amides is 2. The first-order valence-electron chi connectivity index (χ1n) is 13.1. The van der Waals surface area contributed by atoms with Gasteiger partial charge in [-0.1, -0.05) is 43.5 Å². The number of aromatic amines is 1. The van der Waals surface area contributed by atoms with Gasteiger partial charge in [-0.3, -0.25) is 19.4 Å². The normalized spacial score (nSPS) is 18.2. The highest BCUT2D eigenvalue weighted by atomic mass is 16.2. The van der Waals surface area contributed by atoms with E-state index in [4.69, 9.17) is 0 Å². The fraction of sp³-hybridized carbons (Fsp3) is 0.448. The second-order valence-electron chi connectivity index (χ2n) is 10.5. The van der Waals surface area contributed by atoms with Crippen molar-refractivity contribution in [1.29, 1.82) is 0 Å². The van der Waals surface area contributed by atoms with Crippen LogP contribution in [-0.4, -0.2) is 37.8 Å². The van der Waals surface area contributed by atoms with Crippen molar-refractivity contribution in [3.63, 3.8) is 0 Å². The molecule has 1 fully saturated rings. The van der Waals surface area contributed by atoms with E-state index in [9.17, 15) is 9.59 Å². The zero-order valence-corrected chi connectivity index (χ0v) is 22.5. The molecule has 0 saturated heterocycles. The number of aryl methyl sites for hydroxylation is 2. The van der Waals surface area contributed by atoms with Crippen molar-refractivity contribution in [2.45, 2.75) is 72.9 Å². The number of rotatable bonds is 8. The molecule has 4 rings (SSSR count). The Kier molecular flexibility index (Phi) is 8.26. The van der Waals surface area contributed by atoms with Crippen molar-refractivity contribution in [2.75, 3.05) is 5.32 Å². The summed E-state index contributed by atoms with van der Waals surface area (Å²) in [4.78, 5) is 26.9.